The molecule has 0 atom stereocenters. The van der Waals surface area contributed by atoms with Crippen LogP contribution in [-0.2, 0) is 6.54 Å². The first-order valence-corrected chi connectivity index (χ1v) is 10.00. The van der Waals surface area contributed by atoms with Gasteiger partial charge >= 0.3 is 0 Å². The summed E-state index contributed by atoms with van der Waals surface area (Å²) >= 11 is 0. The largest absolute Gasteiger partial charge is 0.490 e. The zero-order valence-corrected chi connectivity index (χ0v) is 15.9. The topological polar surface area (TPSA) is 66.2 Å². The second kappa shape index (κ2) is 6.79. The number of fused-ring (bicyclic) bond motifs is 3. The van der Waals surface area contributed by atoms with Gasteiger partial charge in [-0.3, -0.25) is 0 Å². The Kier molecular flexibility index (Phi) is 4.12. The van der Waals surface area contributed by atoms with Crippen molar-refractivity contribution in [2.24, 2.45) is 0 Å². The maximum atomic E-state index is 6.20. The van der Waals surface area contributed by atoms with Crippen LogP contribution in [0.4, 0.5) is 11.4 Å². The van der Waals surface area contributed by atoms with Crippen molar-refractivity contribution < 1.29 is 4.74 Å². The van der Waals surface area contributed by atoms with Crippen LogP contribution in [0.5, 0.6) is 5.75 Å². The number of ether oxygens (including phenoxy) is 1. The Morgan fingerprint density at radius 1 is 0.821 bits per heavy atom. The van der Waals surface area contributed by atoms with Crippen LogP contribution in [-0.4, -0.2) is 10.7 Å². The summed E-state index contributed by atoms with van der Waals surface area (Å²) in [5.41, 5.74) is 17.2. The first kappa shape index (κ1) is 17.0. The molecule has 1 saturated carbocycles. The third-order valence-electron chi connectivity index (χ3n) is 5.76. The van der Waals surface area contributed by atoms with Gasteiger partial charge in [0.1, 0.15) is 5.75 Å². The van der Waals surface area contributed by atoms with Crippen molar-refractivity contribution in [3.8, 4) is 5.75 Å². The minimum atomic E-state index is 0.364. The molecule has 0 amide bonds. The summed E-state index contributed by atoms with van der Waals surface area (Å²) < 4.78 is 8.50. The van der Waals surface area contributed by atoms with Gasteiger partial charge in [0.25, 0.3) is 0 Å². The molecule has 142 valence electrons. The maximum Gasteiger partial charge on any atom is 0.120 e. The number of nitrogens with zero attached hydrogens (tertiary/aromatic N) is 1. The van der Waals surface area contributed by atoms with Gasteiger partial charge in [-0.25, -0.2) is 0 Å². The van der Waals surface area contributed by atoms with E-state index in [2.05, 4.69) is 41.0 Å². The second-order valence-electron chi connectivity index (χ2n) is 7.81. The monoisotopic (exact) mass is 371 g/mol. The molecule has 28 heavy (non-hydrogen) atoms. The van der Waals surface area contributed by atoms with Crippen molar-refractivity contribution in [3.63, 3.8) is 0 Å². The summed E-state index contributed by atoms with van der Waals surface area (Å²) in [7, 11) is 0. The standard InChI is InChI=1S/C24H25N3O/c25-17-8-10-21-22-11-9-18(26)14-24(22)27(23(21)13-17)15-16-4-3-7-20(12-16)28-19-5-1-2-6-19/h3-4,7-14,19H,1-2,5-6,15,25-26H2. The average molecular weight is 371 g/mol. The lowest BCUT2D eigenvalue weighted by molar-refractivity contribution is 0.210. The first-order valence-electron chi connectivity index (χ1n) is 10.00. The highest BCUT2D eigenvalue weighted by atomic mass is 16.5. The second-order valence-corrected chi connectivity index (χ2v) is 7.81. The van der Waals surface area contributed by atoms with E-state index in [0.717, 1.165) is 47.5 Å². The summed E-state index contributed by atoms with van der Waals surface area (Å²) in [5.74, 6) is 0.962. The van der Waals surface area contributed by atoms with E-state index in [0.29, 0.717) is 6.10 Å². The third-order valence-corrected chi connectivity index (χ3v) is 5.76. The molecule has 4 N–H and O–H groups in total. The Labute approximate surface area is 164 Å². The SMILES string of the molecule is Nc1ccc2c3ccc(N)cc3n(Cc3cccc(OC4CCCC4)c3)c2c1. The van der Waals surface area contributed by atoms with Crippen LogP contribution in [0.15, 0.2) is 60.7 Å². The lowest BCUT2D eigenvalue weighted by atomic mass is 10.1. The van der Waals surface area contributed by atoms with Gasteiger partial charge in [0.05, 0.1) is 17.1 Å². The molecule has 1 fully saturated rings. The van der Waals surface area contributed by atoms with Crippen molar-refractivity contribution in [2.45, 2.75) is 38.3 Å². The van der Waals surface area contributed by atoms with Crippen molar-refractivity contribution >= 4 is 33.2 Å². The van der Waals surface area contributed by atoms with Crippen molar-refractivity contribution in [1.82, 2.24) is 4.57 Å². The molecular weight excluding hydrogens is 346 g/mol. The maximum absolute atomic E-state index is 6.20. The first-order chi connectivity index (χ1) is 13.7. The fourth-order valence-corrected chi connectivity index (χ4v) is 4.40. The Balaban J connectivity index is 1.57. The number of hydrogen-bond donors (Lipinski definition) is 2. The predicted octanol–water partition coefficient (Wildman–Crippen LogP) is 5.33. The molecule has 1 aliphatic rings. The van der Waals surface area contributed by atoms with Gasteiger partial charge in [0.15, 0.2) is 0 Å². The molecule has 0 aliphatic heterocycles. The van der Waals surface area contributed by atoms with Crippen LogP contribution in [0.1, 0.15) is 31.2 Å². The van der Waals surface area contributed by atoms with E-state index in [-0.39, 0.29) is 0 Å². The lowest BCUT2D eigenvalue weighted by Crippen LogP contribution is -2.11. The smallest absolute Gasteiger partial charge is 0.120 e. The molecule has 5 rings (SSSR count). The molecule has 1 heterocycles. The average Bonchev–Trinajstić information content (AvgIpc) is 3.29. The quantitative estimate of drug-likeness (QED) is 0.477. The van der Waals surface area contributed by atoms with Crippen molar-refractivity contribution in [2.75, 3.05) is 11.5 Å². The molecule has 3 aromatic carbocycles. The van der Waals surface area contributed by atoms with Crippen LogP contribution >= 0.6 is 0 Å². The Morgan fingerprint density at radius 2 is 1.46 bits per heavy atom. The Morgan fingerprint density at radius 3 is 2.11 bits per heavy atom. The number of benzene rings is 3. The molecule has 0 saturated heterocycles. The van der Waals surface area contributed by atoms with E-state index in [1.54, 1.807) is 0 Å². The number of aromatic nitrogens is 1. The van der Waals surface area contributed by atoms with Gasteiger partial charge in [0, 0.05) is 28.7 Å². The Hall–Kier alpha value is -3.14. The molecule has 0 spiro atoms. The zero-order chi connectivity index (χ0) is 19.1. The highest BCUT2D eigenvalue weighted by molar-refractivity contribution is 6.09. The minimum Gasteiger partial charge on any atom is -0.490 e. The van der Waals surface area contributed by atoms with E-state index < -0.39 is 0 Å². The third kappa shape index (κ3) is 3.05. The van der Waals surface area contributed by atoms with Gasteiger partial charge in [-0.05, 0) is 67.6 Å². The van der Waals surface area contributed by atoms with E-state index in [9.17, 15) is 0 Å². The predicted molar refractivity (Wildman–Crippen MR) is 117 cm³/mol. The van der Waals surface area contributed by atoms with Gasteiger partial charge in [0.2, 0.25) is 0 Å². The summed E-state index contributed by atoms with van der Waals surface area (Å²) in [6.45, 7) is 0.745. The number of nitrogen functional groups attached to an aromatic ring is 2. The van der Waals surface area contributed by atoms with Crippen LogP contribution in [0.25, 0.3) is 21.8 Å². The van der Waals surface area contributed by atoms with Crippen molar-refractivity contribution in [3.05, 3.63) is 66.2 Å². The molecule has 1 aromatic heterocycles. The van der Waals surface area contributed by atoms with Crippen LogP contribution in [0.3, 0.4) is 0 Å². The zero-order valence-electron chi connectivity index (χ0n) is 15.9. The fourth-order valence-electron chi connectivity index (χ4n) is 4.40. The molecule has 4 heteroatoms. The molecule has 0 bridgehead atoms. The molecule has 4 nitrogen and oxygen atoms in total. The van der Waals surface area contributed by atoms with Gasteiger partial charge < -0.3 is 20.8 Å². The summed E-state index contributed by atoms with van der Waals surface area (Å²) in [6.07, 6.45) is 5.23. The van der Waals surface area contributed by atoms with Crippen LogP contribution in [0.2, 0.25) is 0 Å². The van der Waals surface area contributed by atoms with E-state index >= 15 is 0 Å². The number of anilines is 2. The number of rotatable bonds is 4. The van der Waals surface area contributed by atoms with E-state index in [4.69, 9.17) is 16.2 Å². The van der Waals surface area contributed by atoms with Gasteiger partial charge in [-0.1, -0.05) is 24.3 Å². The highest BCUT2D eigenvalue weighted by Crippen LogP contribution is 2.33. The number of nitrogens with two attached hydrogens (primary N) is 2. The van der Waals surface area contributed by atoms with Gasteiger partial charge in [-0.2, -0.15) is 0 Å². The minimum absolute atomic E-state index is 0.364. The summed E-state index contributed by atoms with van der Waals surface area (Å²) in [4.78, 5) is 0. The normalized spacial score (nSPS) is 14.9. The molecule has 1 aliphatic carbocycles. The summed E-state index contributed by atoms with van der Waals surface area (Å²) in [6, 6.07) is 20.6. The Bertz CT molecular complexity index is 1100. The molecule has 0 unspecified atom stereocenters. The van der Waals surface area contributed by atoms with Gasteiger partial charge in [-0.15, -0.1) is 0 Å². The van der Waals surface area contributed by atoms with E-state index in [1.165, 1.54) is 29.2 Å². The number of hydrogen-bond acceptors (Lipinski definition) is 3. The molecule has 4 aromatic rings. The summed E-state index contributed by atoms with van der Waals surface area (Å²) in [5, 5.41) is 2.39. The fraction of sp³-hybridized carbons (Fsp3) is 0.250. The van der Waals surface area contributed by atoms with Crippen molar-refractivity contribution in [1.29, 1.82) is 0 Å². The van der Waals surface area contributed by atoms with E-state index in [1.807, 2.05) is 24.3 Å². The lowest BCUT2D eigenvalue weighted by Gasteiger charge is -2.14. The van der Waals surface area contributed by atoms with Crippen LogP contribution in [0, 0.1) is 0 Å². The molecular formula is C24H25N3O. The van der Waals surface area contributed by atoms with Crippen LogP contribution < -0.4 is 16.2 Å². The highest BCUT2D eigenvalue weighted by Gasteiger charge is 2.17. The molecule has 0 radical (unpaired) electrons.